The number of halogens is 1. The zero-order valence-electron chi connectivity index (χ0n) is 10.3. The van der Waals surface area contributed by atoms with Gasteiger partial charge in [-0.15, -0.1) is 5.10 Å². The van der Waals surface area contributed by atoms with Gasteiger partial charge >= 0.3 is 0 Å². The van der Waals surface area contributed by atoms with Crippen LogP contribution in [0, 0.1) is 6.92 Å². The Hall–Kier alpha value is -1.43. The zero-order chi connectivity index (χ0) is 12.9. The summed E-state index contributed by atoms with van der Waals surface area (Å²) in [5, 5.41) is 12.1. The van der Waals surface area contributed by atoms with Gasteiger partial charge in [-0.25, -0.2) is 4.68 Å². The van der Waals surface area contributed by atoms with Crippen LogP contribution in [0.15, 0.2) is 16.6 Å². The molecule has 18 heavy (non-hydrogen) atoms. The third kappa shape index (κ3) is 1.71. The van der Waals surface area contributed by atoms with Gasteiger partial charge in [0.2, 0.25) is 0 Å². The molecule has 1 aromatic heterocycles. The van der Waals surface area contributed by atoms with E-state index in [1.165, 1.54) is 0 Å². The molecule has 0 spiro atoms. The maximum Gasteiger partial charge on any atom is 0.182 e. The first-order valence-electron chi connectivity index (χ1n) is 5.86. The molecule has 0 saturated heterocycles. The van der Waals surface area contributed by atoms with E-state index < -0.39 is 0 Å². The molecule has 0 bridgehead atoms. The van der Waals surface area contributed by atoms with Crippen LogP contribution in [0.1, 0.15) is 25.3 Å². The van der Waals surface area contributed by atoms with Crippen molar-refractivity contribution in [1.29, 1.82) is 0 Å². The molecule has 1 aromatic carbocycles. The predicted octanol–water partition coefficient (Wildman–Crippen LogP) is 2.50. The molecule has 0 radical (unpaired) electrons. The lowest BCUT2D eigenvalue weighted by molar-refractivity contribution is 0.463. The molecule has 1 aliphatic carbocycles. The highest BCUT2D eigenvalue weighted by Gasteiger charge is 2.42. The SMILES string of the molecule is Cc1c(N)cc(Br)cc1-c1nnnn1C1(C)CC1. The third-order valence-electron chi connectivity index (χ3n) is 3.61. The van der Waals surface area contributed by atoms with Gasteiger partial charge in [0.05, 0.1) is 5.54 Å². The smallest absolute Gasteiger partial charge is 0.182 e. The van der Waals surface area contributed by atoms with E-state index in [0.717, 1.165) is 40.0 Å². The molecule has 0 aliphatic heterocycles. The zero-order valence-corrected chi connectivity index (χ0v) is 11.9. The van der Waals surface area contributed by atoms with Crippen LogP contribution in [0.3, 0.4) is 0 Å². The average Bonchev–Trinajstić information content (AvgIpc) is 2.89. The second kappa shape index (κ2) is 3.78. The van der Waals surface area contributed by atoms with Gasteiger partial charge < -0.3 is 5.73 Å². The summed E-state index contributed by atoms with van der Waals surface area (Å²) >= 11 is 3.47. The molecule has 5 nitrogen and oxygen atoms in total. The van der Waals surface area contributed by atoms with Gasteiger partial charge in [0.25, 0.3) is 0 Å². The highest BCUT2D eigenvalue weighted by Crippen LogP contribution is 2.44. The topological polar surface area (TPSA) is 69.6 Å². The maximum absolute atomic E-state index is 5.99. The van der Waals surface area contributed by atoms with Crippen LogP contribution in [0.4, 0.5) is 5.69 Å². The van der Waals surface area contributed by atoms with E-state index >= 15 is 0 Å². The Balaban J connectivity index is 2.19. The molecule has 6 heteroatoms. The lowest BCUT2D eigenvalue weighted by atomic mass is 10.1. The summed E-state index contributed by atoms with van der Waals surface area (Å²) in [5.41, 5.74) is 8.81. The van der Waals surface area contributed by atoms with Crippen LogP contribution in [-0.4, -0.2) is 20.2 Å². The van der Waals surface area contributed by atoms with Gasteiger partial charge in [-0.1, -0.05) is 15.9 Å². The monoisotopic (exact) mass is 307 g/mol. The predicted molar refractivity (Wildman–Crippen MR) is 73.0 cm³/mol. The van der Waals surface area contributed by atoms with Crippen LogP contribution >= 0.6 is 15.9 Å². The maximum atomic E-state index is 5.99. The summed E-state index contributed by atoms with van der Waals surface area (Å²) in [6.07, 6.45) is 2.24. The Bertz CT molecular complexity index is 615. The minimum Gasteiger partial charge on any atom is -0.398 e. The molecule has 94 valence electrons. The van der Waals surface area contributed by atoms with Crippen molar-refractivity contribution in [2.75, 3.05) is 5.73 Å². The summed E-state index contributed by atoms with van der Waals surface area (Å²) in [6.45, 7) is 4.16. The molecule has 1 aliphatic rings. The highest BCUT2D eigenvalue weighted by molar-refractivity contribution is 9.10. The van der Waals surface area contributed by atoms with Crippen LogP contribution in [0.5, 0.6) is 0 Å². The number of benzene rings is 1. The normalized spacial score (nSPS) is 16.8. The van der Waals surface area contributed by atoms with E-state index in [9.17, 15) is 0 Å². The first kappa shape index (κ1) is 11.6. The summed E-state index contributed by atoms with van der Waals surface area (Å²) < 4.78 is 2.86. The second-order valence-corrected chi connectivity index (χ2v) is 5.99. The second-order valence-electron chi connectivity index (χ2n) is 5.08. The molecule has 3 rings (SSSR count). The van der Waals surface area contributed by atoms with Crippen molar-refractivity contribution >= 4 is 21.6 Å². The molecular formula is C12H14BrN5. The van der Waals surface area contributed by atoms with E-state index in [2.05, 4.69) is 38.4 Å². The number of anilines is 1. The number of tetrazole rings is 1. The lowest BCUT2D eigenvalue weighted by Gasteiger charge is -2.13. The van der Waals surface area contributed by atoms with Gasteiger partial charge in [0.1, 0.15) is 0 Å². The van der Waals surface area contributed by atoms with Crippen molar-refractivity contribution in [3.05, 3.63) is 22.2 Å². The summed E-state index contributed by atoms with van der Waals surface area (Å²) in [7, 11) is 0. The first-order chi connectivity index (χ1) is 8.51. The number of hydrogen-bond acceptors (Lipinski definition) is 4. The standard InChI is InChI=1S/C12H14BrN5/c1-7-9(5-8(13)6-10(7)14)11-15-16-17-18(11)12(2)3-4-12/h5-6H,3-4,14H2,1-2H3. The largest absolute Gasteiger partial charge is 0.398 e. The van der Waals surface area contributed by atoms with Crippen molar-refractivity contribution in [1.82, 2.24) is 20.2 Å². The van der Waals surface area contributed by atoms with Crippen molar-refractivity contribution < 1.29 is 0 Å². The van der Waals surface area contributed by atoms with Crippen molar-refractivity contribution in [3.63, 3.8) is 0 Å². The minimum atomic E-state index is 0.0718. The highest BCUT2D eigenvalue weighted by atomic mass is 79.9. The third-order valence-corrected chi connectivity index (χ3v) is 4.07. The van der Waals surface area contributed by atoms with Gasteiger partial charge in [0, 0.05) is 15.7 Å². The Kier molecular flexibility index (Phi) is 2.45. The van der Waals surface area contributed by atoms with E-state index in [-0.39, 0.29) is 5.54 Å². The van der Waals surface area contributed by atoms with Crippen LogP contribution in [-0.2, 0) is 5.54 Å². The van der Waals surface area contributed by atoms with Gasteiger partial charge in [-0.05, 0) is 54.8 Å². The van der Waals surface area contributed by atoms with Crippen molar-refractivity contribution in [2.24, 2.45) is 0 Å². The molecular weight excluding hydrogens is 294 g/mol. The van der Waals surface area contributed by atoms with Crippen LogP contribution < -0.4 is 5.73 Å². The Morgan fingerprint density at radius 1 is 1.39 bits per heavy atom. The van der Waals surface area contributed by atoms with Crippen molar-refractivity contribution in [3.8, 4) is 11.4 Å². The number of aromatic nitrogens is 4. The van der Waals surface area contributed by atoms with E-state index in [1.807, 2.05) is 23.7 Å². The molecule has 1 heterocycles. The fraction of sp³-hybridized carbons (Fsp3) is 0.417. The molecule has 2 N–H and O–H groups in total. The van der Waals surface area contributed by atoms with Crippen molar-refractivity contribution in [2.45, 2.75) is 32.2 Å². The number of nitrogens with two attached hydrogens (primary N) is 1. The summed E-state index contributed by atoms with van der Waals surface area (Å²) in [5.74, 6) is 0.792. The van der Waals surface area contributed by atoms with Crippen LogP contribution in [0.2, 0.25) is 0 Å². The molecule has 2 aromatic rings. The summed E-state index contributed by atoms with van der Waals surface area (Å²) in [4.78, 5) is 0. The molecule has 0 unspecified atom stereocenters. The summed E-state index contributed by atoms with van der Waals surface area (Å²) in [6, 6.07) is 3.91. The van der Waals surface area contributed by atoms with Gasteiger partial charge in [-0.3, -0.25) is 0 Å². The molecule has 1 saturated carbocycles. The average molecular weight is 308 g/mol. The Morgan fingerprint density at radius 2 is 2.11 bits per heavy atom. The van der Waals surface area contributed by atoms with Gasteiger partial charge in [0.15, 0.2) is 5.82 Å². The number of nitrogen functional groups attached to an aromatic ring is 1. The van der Waals surface area contributed by atoms with Crippen LogP contribution in [0.25, 0.3) is 11.4 Å². The molecule has 1 fully saturated rings. The fourth-order valence-electron chi connectivity index (χ4n) is 2.04. The number of hydrogen-bond donors (Lipinski definition) is 1. The van der Waals surface area contributed by atoms with Gasteiger partial charge in [-0.2, -0.15) is 0 Å². The fourth-order valence-corrected chi connectivity index (χ4v) is 2.52. The molecule has 0 atom stereocenters. The van der Waals surface area contributed by atoms with E-state index in [0.29, 0.717) is 0 Å². The van der Waals surface area contributed by atoms with E-state index in [4.69, 9.17) is 5.73 Å². The number of rotatable bonds is 2. The minimum absolute atomic E-state index is 0.0718. The lowest BCUT2D eigenvalue weighted by Crippen LogP contribution is -2.16. The Labute approximate surface area is 113 Å². The quantitative estimate of drug-likeness (QED) is 0.865. The first-order valence-corrected chi connectivity index (χ1v) is 6.65. The molecule has 0 amide bonds. The number of nitrogens with zero attached hydrogens (tertiary/aromatic N) is 4. The Morgan fingerprint density at radius 3 is 2.78 bits per heavy atom. The van der Waals surface area contributed by atoms with E-state index in [1.54, 1.807) is 0 Å².